The van der Waals surface area contributed by atoms with Gasteiger partial charge in [-0.05, 0) is 60.9 Å². The number of hydrogen-bond donors (Lipinski definition) is 2. The van der Waals surface area contributed by atoms with E-state index in [9.17, 15) is 14.0 Å². The molecule has 2 amide bonds. The number of fused-ring (bicyclic) bond motifs is 1. The predicted molar refractivity (Wildman–Crippen MR) is 139 cm³/mol. The maximum absolute atomic E-state index is 13.0. The number of para-hydroxylation sites is 1. The summed E-state index contributed by atoms with van der Waals surface area (Å²) in [5.74, 6) is -0.191. The molecule has 0 saturated heterocycles. The molecule has 7 heteroatoms. The summed E-state index contributed by atoms with van der Waals surface area (Å²) >= 11 is 1.48. The van der Waals surface area contributed by atoms with E-state index in [1.165, 1.54) is 23.9 Å². The number of benzene rings is 3. The fraction of sp³-hybridized carbons (Fsp3) is 0.214. The Hall–Kier alpha value is -3.58. The zero-order valence-electron chi connectivity index (χ0n) is 19.8. The first-order chi connectivity index (χ1) is 16.9. The van der Waals surface area contributed by atoms with E-state index in [-0.39, 0.29) is 23.4 Å². The van der Waals surface area contributed by atoms with Crippen molar-refractivity contribution < 1.29 is 14.0 Å². The van der Waals surface area contributed by atoms with Crippen molar-refractivity contribution >= 4 is 34.5 Å². The number of nitrogens with zero attached hydrogens (tertiary/aromatic N) is 1. The van der Waals surface area contributed by atoms with E-state index in [0.29, 0.717) is 25.2 Å². The molecule has 0 aliphatic rings. The fourth-order valence-electron chi connectivity index (χ4n) is 3.78. The fourth-order valence-corrected chi connectivity index (χ4v) is 4.70. The SMILES string of the molecule is Cc1ccc(C(=O)NCCn2cc(SCC(=O)NCc3ccc(F)cc3)c3ccccc32)cc1C. The summed E-state index contributed by atoms with van der Waals surface area (Å²) < 4.78 is 15.1. The average molecular weight is 490 g/mol. The van der Waals surface area contributed by atoms with Crippen LogP contribution in [0, 0.1) is 19.7 Å². The van der Waals surface area contributed by atoms with Gasteiger partial charge in [0.1, 0.15) is 5.82 Å². The lowest BCUT2D eigenvalue weighted by molar-refractivity contribution is -0.118. The van der Waals surface area contributed by atoms with Crippen LogP contribution in [-0.2, 0) is 17.9 Å². The number of halogens is 1. The van der Waals surface area contributed by atoms with Crippen molar-refractivity contribution in [1.82, 2.24) is 15.2 Å². The van der Waals surface area contributed by atoms with Gasteiger partial charge in [0.05, 0.1) is 5.75 Å². The van der Waals surface area contributed by atoms with E-state index in [0.717, 1.165) is 32.5 Å². The van der Waals surface area contributed by atoms with E-state index in [1.807, 2.05) is 62.5 Å². The Morgan fingerprint density at radius 2 is 1.71 bits per heavy atom. The molecule has 180 valence electrons. The molecule has 0 aliphatic heterocycles. The van der Waals surface area contributed by atoms with Gasteiger partial charge < -0.3 is 15.2 Å². The minimum atomic E-state index is -0.295. The second-order valence-corrected chi connectivity index (χ2v) is 9.47. The number of amides is 2. The molecule has 0 unspecified atom stereocenters. The molecular formula is C28H28FN3O2S. The highest BCUT2D eigenvalue weighted by Crippen LogP contribution is 2.29. The summed E-state index contributed by atoms with van der Waals surface area (Å²) in [6.07, 6.45) is 2.03. The maximum atomic E-state index is 13.0. The van der Waals surface area contributed by atoms with Gasteiger partial charge in [0.15, 0.2) is 0 Å². The van der Waals surface area contributed by atoms with Gasteiger partial charge in [-0.3, -0.25) is 9.59 Å². The molecule has 4 rings (SSSR count). The number of aromatic nitrogens is 1. The topological polar surface area (TPSA) is 63.1 Å². The van der Waals surface area contributed by atoms with E-state index in [1.54, 1.807) is 12.1 Å². The Labute approximate surface area is 208 Å². The molecule has 5 nitrogen and oxygen atoms in total. The summed E-state index contributed by atoms with van der Waals surface area (Å²) in [7, 11) is 0. The van der Waals surface area contributed by atoms with Crippen LogP contribution in [0.1, 0.15) is 27.0 Å². The molecule has 1 aromatic heterocycles. The Kier molecular flexibility index (Phi) is 7.87. The van der Waals surface area contributed by atoms with Gasteiger partial charge in [-0.2, -0.15) is 0 Å². The first kappa shape index (κ1) is 24.5. The number of carbonyl (C=O) groups is 2. The molecule has 2 N–H and O–H groups in total. The van der Waals surface area contributed by atoms with E-state index < -0.39 is 0 Å². The molecule has 0 radical (unpaired) electrons. The third-order valence-corrected chi connectivity index (χ3v) is 6.96. The van der Waals surface area contributed by atoms with Crippen LogP contribution >= 0.6 is 11.8 Å². The second kappa shape index (κ2) is 11.2. The normalized spacial score (nSPS) is 10.9. The maximum Gasteiger partial charge on any atom is 0.251 e. The van der Waals surface area contributed by atoms with Crippen molar-refractivity contribution in [3.63, 3.8) is 0 Å². The van der Waals surface area contributed by atoms with Crippen molar-refractivity contribution in [2.75, 3.05) is 12.3 Å². The standard InChI is InChI=1S/C28H28FN3O2S/c1-19-7-10-22(15-20(19)2)28(34)30-13-14-32-17-26(24-5-3-4-6-25(24)32)35-18-27(33)31-16-21-8-11-23(29)12-9-21/h3-12,15,17H,13-14,16,18H2,1-2H3,(H,30,34)(H,31,33). The van der Waals surface area contributed by atoms with E-state index >= 15 is 0 Å². The van der Waals surface area contributed by atoms with Gasteiger partial charge in [-0.15, -0.1) is 11.8 Å². The average Bonchev–Trinajstić information content (AvgIpc) is 3.21. The molecule has 4 aromatic rings. The lowest BCUT2D eigenvalue weighted by Gasteiger charge is -2.09. The molecule has 3 aromatic carbocycles. The first-order valence-electron chi connectivity index (χ1n) is 11.5. The number of carbonyl (C=O) groups excluding carboxylic acids is 2. The molecular weight excluding hydrogens is 461 g/mol. The predicted octanol–water partition coefficient (Wildman–Crippen LogP) is 5.24. The van der Waals surface area contributed by atoms with Gasteiger partial charge >= 0.3 is 0 Å². The van der Waals surface area contributed by atoms with Crippen LogP contribution in [0.3, 0.4) is 0 Å². The van der Waals surface area contributed by atoms with Gasteiger partial charge in [-0.25, -0.2) is 4.39 Å². The smallest absolute Gasteiger partial charge is 0.251 e. The molecule has 0 atom stereocenters. The lowest BCUT2D eigenvalue weighted by atomic mass is 10.1. The van der Waals surface area contributed by atoms with Crippen LogP contribution in [0.25, 0.3) is 10.9 Å². The second-order valence-electron chi connectivity index (χ2n) is 8.45. The summed E-state index contributed by atoms with van der Waals surface area (Å²) in [5, 5.41) is 6.95. The summed E-state index contributed by atoms with van der Waals surface area (Å²) in [6.45, 7) is 5.50. The minimum Gasteiger partial charge on any atom is -0.351 e. The zero-order chi connectivity index (χ0) is 24.8. The largest absolute Gasteiger partial charge is 0.351 e. The highest BCUT2D eigenvalue weighted by molar-refractivity contribution is 8.00. The summed E-state index contributed by atoms with van der Waals surface area (Å²) in [6, 6.07) is 19.8. The molecule has 35 heavy (non-hydrogen) atoms. The molecule has 0 spiro atoms. The highest BCUT2D eigenvalue weighted by atomic mass is 32.2. The van der Waals surface area contributed by atoms with Crippen LogP contribution < -0.4 is 10.6 Å². The van der Waals surface area contributed by atoms with Crippen molar-refractivity contribution in [1.29, 1.82) is 0 Å². The van der Waals surface area contributed by atoms with Crippen molar-refractivity contribution in [2.24, 2.45) is 0 Å². The van der Waals surface area contributed by atoms with Gasteiger partial charge in [-0.1, -0.05) is 36.4 Å². The highest BCUT2D eigenvalue weighted by Gasteiger charge is 2.12. The molecule has 1 heterocycles. The van der Waals surface area contributed by atoms with Crippen molar-refractivity contribution in [3.05, 3.63) is 101 Å². The molecule has 0 fully saturated rings. The Balaban J connectivity index is 1.34. The third kappa shape index (κ3) is 6.31. The number of thioether (sulfide) groups is 1. The minimum absolute atomic E-state index is 0.0861. The van der Waals surface area contributed by atoms with Crippen LogP contribution in [0.5, 0.6) is 0 Å². The van der Waals surface area contributed by atoms with Crippen molar-refractivity contribution in [3.8, 4) is 0 Å². The van der Waals surface area contributed by atoms with Crippen LogP contribution in [0.4, 0.5) is 4.39 Å². The van der Waals surface area contributed by atoms with Crippen LogP contribution in [0.2, 0.25) is 0 Å². The van der Waals surface area contributed by atoms with Gasteiger partial charge in [0.25, 0.3) is 5.91 Å². The quantitative estimate of drug-likeness (QED) is 0.316. The first-order valence-corrected chi connectivity index (χ1v) is 12.5. The van der Waals surface area contributed by atoms with Crippen LogP contribution in [-0.4, -0.2) is 28.7 Å². The molecule has 0 bridgehead atoms. The van der Waals surface area contributed by atoms with E-state index in [2.05, 4.69) is 15.2 Å². The van der Waals surface area contributed by atoms with Gasteiger partial charge in [0, 0.05) is 47.2 Å². The monoisotopic (exact) mass is 489 g/mol. The molecule has 0 aliphatic carbocycles. The van der Waals surface area contributed by atoms with Gasteiger partial charge in [0.2, 0.25) is 5.91 Å². The molecule has 0 saturated carbocycles. The third-order valence-electron chi connectivity index (χ3n) is 5.92. The number of hydrogen-bond acceptors (Lipinski definition) is 3. The number of aryl methyl sites for hydroxylation is 2. The lowest BCUT2D eigenvalue weighted by Crippen LogP contribution is -2.27. The Morgan fingerprint density at radius 1 is 0.943 bits per heavy atom. The van der Waals surface area contributed by atoms with Crippen molar-refractivity contribution in [2.45, 2.75) is 31.8 Å². The Morgan fingerprint density at radius 3 is 2.49 bits per heavy atom. The summed E-state index contributed by atoms with van der Waals surface area (Å²) in [5.41, 5.74) is 4.83. The van der Waals surface area contributed by atoms with Crippen LogP contribution in [0.15, 0.2) is 77.8 Å². The number of nitrogens with one attached hydrogen (secondary N) is 2. The number of rotatable bonds is 9. The van der Waals surface area contributed by atoms with E-state index in [4.69, 9.17) is 0 Å². The Bertz CT molecular complexity index is 1350. The zero-order valence-corrected chi connectivity index (χ0v) is 20.6. The summed E-state index contributed by atoms with van der Waals surface area (Å²) in [4.78, 5) is 25.9.